The van der Waals surface area contributed by atoms with Crippen molar-refractivity contribution in [2.45, 2.75) is 20.5 Å². The van der Waals surface area contributed by atoms with E-state index in [9.17, 15) is 0 Å². The molecule has 23 heavy (non-hydrogen) atoms. The molecule has 0 saturated heterocycles. The Morgan fingerprint density at radius 2 is 2.04 bits per heavy atom. The predicted octanol–water partition coefficient (Wildman–Crippen LogP) is 4.38. The third-order valence-corrected chi connectivity index (χ3v) is 4.40. The summed E-state index contributed by atoms with van der Waals surface area (Å²) in [6.45, 7) is 5.31. The van der Waals surface area contributed by atoms with Crippen molar-refractivity contribution in [3.8, 4) is 5.88 Å². The van der Waals surface area contributed by atoms with Crippen LogP contribution in [0.2, 0.25) is 0 Å². The first kappa shape index (κ1) is 17.7. The summed E-state index contributed by atoms with van der Waals surface area (Å²) < 4.78 is 6.60. The molecule has 0 radical (unpaired) electrons. The van der Waals surface area contributed by atoms with Crippen molar-refractivity contribution in [1.29, 1.82) is 0 Å². The highest BCUT2D eigenvalue weighted by Gasteiger charge is 2.11. The predicted molar refractivity (Wildman–Crippen MR) is 102 cm³/mol. The molecule has 0 aliphatic rings. The number of ether oxygens (including phenoxy) is 1. The molecule has 0 unspecified atom stereocenters. The number of halogens is 1. The van der Waals surface area contributed by atoms with E-state index < -0.39 is 0 Å². The van der Waals surface area contributed by atoms with Gasteiger partial charge in [0.05, 0.1) is 15.9 Å². The van der Waals surface area contributed by atoms with Crippen LogP contribution in [0.4, 0.5) is 5.69 Å². The molecule has 0 saturated carbocycles. The third kappa shape index (κ3) is 4.91. The molecule has 122 valence electrons. The summed E-state index contributed by atoms with van der Waals surface area (Å²) >= 11 is 8.86. The van der Waals surface area contributed by atoms with Crippen LogP contribution in [0, 0.1) is 6.92 Å². The molecule has 0 amide bonds. The van der Waals surface area contributed by atoms with Gasteiger partial charge in [0.15, 0.2) is 5.11 Å². The van der Waals surface area contributed by atoms with Gasteiger partial charge >= 0.3 is 0 Å². The van der Waals surface area contributed by atoms with Gasteiger partial charge in [-0.25, -0.2) is 4.98 Å². The summed E-state index contributed by atoms with van der Waals surface area (Å²) in [7, 11) is 1.95. The second-order valence-electron chi connectivity index (χ2n) is 5.13. The number of hydrogen-bond donors (Lipinski definition) is 1. The van der Waals surface area contributed by atoms with E-state index in [2.05, 4.69) is 33.2 Å². The molecule has 2 rings (SSSR count). The third-order valence-electron chi connectivity index (χ3n) is 3.42. The largest absolute Gasteiger partial charge is 0.472 e. The molecule has 0 fully saturated rings. The van der Waals surface area contributed by atoms with Gasteiger partial charge in [-0.2, -0.15) is 0 Å². The fourth-order valence-corrected chi connectivity index (χ4v) is 2.54. The van der Waals surface area contributed by atoms with Gasteiger partial charge < -0.3 is 15.0 Å². The van der Waals surface area contributed by atoms with Crippen molar-refractivity contribution in [2.75, 3.05) is 18.9 Å². The molecular formula is C17H20BrN3OS. The summed E-state index contributed by atoms with van der Waals surface area (Å²) in [5.41, 5.74) is 2.81. The average Bonchev–Trinajstić information content (AvgIpc) is 2.56. The molecule has 0 atom stereocenters. The first-order chi connectivity index (χ1) is 11.0. The van der Waals surface area contributed by atoms with Crippen molar-refractivity contribution in [2.24, 2.45) is 0 Å². The number of nitrogens with zero attached hydrogens (tertiary/aromatic N) is 2. The maximum Gasteiger partial charge on any atom is 0.228 e. The van der Waals surface area contributed by atoms with Crippen LogP contribution in [0.15, 0.2) is 40.9 Å². The van der Waals surface area contributed by atoms with Crippen molar-refractivity contribution < 1.29 is 4.74 Å². The molecule has 1 N–H and O–H groups in total. The van der Waals surface area contributed by atoms with Gasteiger partial charge in [0, 0.05) is 13.6 Å². The van der Waals surface area contributed by atoms with Gasteiger partial charge in [-0.15, -0.1) is 0 Å². The zero-order valence-corrected chi connectivity index (χ0v) is 15.9. The minimum atomic E-state index is 0.482. The fraction of sp³-hybridized carbons (Fsp3) is 0.294. The summed E-state index contributed by atoms with van der Waals surface area (Å²) in [5, 5.41) is 3.88. The maximum absolute atomic E-state index is 5.80. The van der Waals surface area contributed by atoms with Crippen LogP contribution in [0.3, 0.4) is 0 Å². The van der Waals surface area contributed by atoms with E-state index in [0.717, 1.165) is 28.0 Å². The number of aromatic nitrogens is 1. The van der Waals surface area contributed by atoms with E-state index in [-0.39, 0.29) is 0 Å². The molecule has 1 aromatic carbocycles. The number of rotatable bonds is 5. The Hall–Kier alpha value is -1.66. The van der Waals surface area contributed by atoms with Crippen molar-refractivity contribution >= 4 is 38.9 Å². The van der Waals surface area contributed by atoms with Crippen LogP contribution in [0.5, 0.6) is 5.88 Å². The van der Waals surface area contributed by atoms with E-state index >= 15 is 0 Å². The second kappa shape index (κ2) is 8.26. The second-order valence-corrected chi connectivity index (χ2v) is 6.37. The number of pyridine rings is 1. The lowest BCUT2D eigenvalue weighted by atomic mass is 10.2. The van der Waals surface area contributed by atoms with Gasteiger partial charge in [0.2, 0.25) is 5.88 Å². The smallest absolute Gasteiger partial charge is 0.228 e. The topological polar surface area (TPSA) is 37.4 Å². The summed E-state index contributed by atoms with van der Waals surface area (Å²) in [6, 6.07) is 12.0. The van der Waals surface area contributed by atoms with E-state index in [1.165, 1.54) is 0 Å². The number of hydrogen-bond acceptors (Lipinski definition) is 3. The van der Waals surface area contributed by atoms with Gasteiger partial charge in [-0.1, -0.05) is 30.3 Å². The van der Waals surface area contributed by atoms with Crippen LogP contribution in [-0.4, -0.2) is 28.6 Å². The lowest BCUT2D eigenvalue weighted by molar-refractivity contribution is 0.291. The Morgan fingerprint density at radius 3 is 2.70 bits per heavy atom. The summed E-state index contributed by atoms with van der Waals surface area (Å²) in [5.74, 6) is 0.576. The van der Waals surface area contributed by atoms with Crippen molar-refractivity contribution in [3.63, 3.8) is 0 Å². The molecule has 0 aliphatic heterocycles. The van der Waals surface area contributed by atoms with Crippen molar-refractivity contribution in [3.05, 3.63) is 52.1 Å². The minimum absolute atomic E-state index is 0.482. The van der Waals surface area contributed by atoms with Gasteiger partial charge in [-0.05, 0) is 53.6 Å². The Kier molecular flexibility index (Phi) is 6.36. The fourth-order valence-electron chi connectivity index (χ4n) is 1.87. The lowest BCUT2D eigenvalue weighted by Crippen LogP contribution is -2.31. The SMILES string of the molecule is CCN(C)C(=S)Nc1cc(Br)c(OCc2ccccc2)nc1C. The Bertz CT molecular complexity index is 679. The minimum Gasteiger partial charge on any atom is -0.472 e. The maximum atomic E-state index is 5.80. The zero-order valence-electron chi connectivity index (χ0n) is 13.5. The lowest BCUT2D eigenvalue weighted by Gasteiger charge is -2.20. The summed E-state index contributed by atoms with van der Waals surface area (Å²) in [6.07, 6.45) is 0. The number of benzene rings is 1. The van der Waals surface area contributed by atoms with E-state index in [1.807, 2.05) is 55.3 Å². The number of aryl methyl sites for hydroxylation is 1. The van der Waals surface area contributed by atoms with Gasteiger partial charge in [0.25, 0.3) is 0 Å². The molecule has 6 heteroatoms. The number of nitrogens with one attached hydrogen (secondary N) is 1. The highest BCUT2D eigenvalue weighted by molar-refractivity contribution is 9.10. The molecule has 0 bridgehead atoms. The monoisotopic (exact) mass is 393 g/mol. The first-order valence-corrected chi connectivity index (χ1v) is 8.57. The average molecular weight is 394 g/mol. The molecule has 4 nitrogen and oxygen atoms in total. The van der Waals surface area contributed by atoms with Gasteiger partial charge in [-0.3, -0.25) is 0 Å². The number of thiocarbonyl (C=S) groups is 1. The van der Waals surface area contributed by atoms with Crippen molar-refractivity contribution in [1.82, 2.24) is 9.88 Å². The molecule has 0 spiro atoms. The van der Waals surface area contributed by atoms with E-state index in [0.29, 0.717) is 17.6 Å². The Balaban J connectivity index is 2.09. The Morgan fingerprint density at radius 1 is 1.35 bits per heavy atom. The van der Waals surface area contributed by atoms with Crippen LogP contribution in [0.25, 0.3) is 0 Å². The van der Waals surface area contributed by atoms with Crippen LogP contribution in [0.1, 0.15) is 18.2 Å². The Labute approximate surface area is 151 Å². The molecule has 1 heterocycles. The van der Waals surface area contributed by atoms with Gasteiger partial charge in [0.1, 0.15) is 6.61 Å². The van der Waals surface area contributed by atoms with E-state index in [4.69, 9.17) is 17.0 Å². The molecular weight excluding hydrogens is 374 g/mol. The van der Waals surface area contributed by atoms with Crippen LogP contribution < -0.4 is 10.1 Å². The number of anilines is 1. The zero-order chi connectivity index (χ0) is 16.8. The molecule has 0 aliphatic carbocycles. The standard InChI is InChI=1S/C17H20BrN3OS/c1-4-21(3)17(23)20-15-10-14(18)16(19-12(15)2)22-11-13-8-6-5-7-9-13/h5-10H,4,11H2,1-3H3,(H,20,23). The van der Waals surface area contributed by atoms with E-state index in [1.54, 1.807) is 0 Å². The molecule has 1 aromatic heterocycles. The van der Waals surface area contributed by atoms with Crippen LogP contribution >= 0.6 is 28.1 Å². The molecule has 2 aromatic rings. The highest BCUT2D eigenvalue weighted by Crippen LogP contribution is 2.28. The summed E-state index contributed by atoms with van der Waals surface area (Å²) in [4.78, 5) is 6.48. The van der Waals surface area contributed by atoms with Crippen LogP contribution in [-0.2, 0) is 6.61 Å². The quantitative estimate of drug-likeness (QED) is 0.762. The highest BCUT2D eigenvalue weighted by atomic mass is 79.9. The first-order valence-electron chi connectivity index (χ1n) is 7.37. The normalized spacial score (nSPS) is 10.3.